The molecule has 1 saturated carbocycles. The first-order valence-corrected chi connectivity index (χ1v) is 8.12. The SMILES string of the molecule is Cc1cc(C)n(C)c(=O)c1C(=O)N1CCN(C2CC2)CC1C. The van der Waals surface area contributed by atoms with Crippen LogP contribution in [0, 0.1) is 13.8 Å². The minimum absolute atomic E-state index is 0.110. The third kappa shape index (κ3) is 2.58. The van der Waals surface area contributed by atoms with Crippen LogP contribution in [0.15, 0.2) is 10.9 Å². The second-order valence-corrected chi connectivity index (χ2v) is 6.78. The highest BCUT2D eigenvalue weighted by Crippen LogP contribution is 2.29. The Labute approximate surface area is 131 Å². The van der Waals surface area contributed by atoms with Gasteiger partial charge in [-0.15, -0.1) is 0 Å². The zero-order valence-electron chi connectivity index (χ0n) is 13.9. The zero-order chi connectivity index (χ0) is 16.0. The van der Waals surface area contributed by atoms with Crippen LogP contribution in [0.25, 0.3) is 0 Å². The second-order valence-electron chi connectivity index (χ2n) is 6.78. The van der Waals surface area contributed by atoms with Crippen LogP contribution >= 0.6 is 0 Å². The molecule has 0 radical (unpaired) electrons. The first-order valence-electron chi connectivity index (χ1n) is 8.12. The normalized spacial score (nSPS) is 22.9. The third-order valence-corrected chi connectivity index (χ3v) is 5.06. The summed E-state index contributed by atoms with van der Waals surface area (Å²) in [5.41, 5.74) is 1.81. The van der Waals surface area contributed by atoms with Crippen LogP contribution in [0.1, 0.15) is 41.4 Å². The zero-order valence-corrected chi connectivity index (χ0v) is 13.9. The molecule has 1 aromatic rings. The summed E-state index contributed by atoms with van der Waals surface area (Å²) >= 11 is 0. The molecule has 1 aliphatic carbocycles. The first kappa shape index (κ1) is 15.3. The largest absolute Gasteiger partial charge is 0.333 e. The molecule has 0 aromatic carbocycles. The van der Waals surface area contributed by atoms with E-state index in [9.17, 15) is 9.59 Å². The van der Waals surface area contributed by atoms with Crippen molar-refractivity contribution in [1.29, 1.82) is 0 Å². The molecule has 5 heteroatoms. The number of amides is 1. The number of piperazine rings is 1. The van der Waals surface area contributed by atoms with Gasteiger partial charge in [0.2, 0.25) is 0 Å². The summed E-state index contributed by atoms with van der Waals surface area (Å²) in [6, 6.07) is 2.81. The van der Waals surface area contributed by atoms with Gasteiger partial charge in [-0.3, -0.25) is 14.5 Å². The summed E-state index contributed by atoms with van der Waals surface area (Å²) in [7, 11) is 1.72. The molecule has 5 nitrogen and oxygen atoms in total. The Bertz CT molecular complexity index is 661. The fraction of sp³-hybridized carbons (Fsp3) is 0.647. The number of hydrogen-bond donors (Lipinski definition) is 0. The van der Waals surface area contributed by atoms with Gasteiger partial charge in [-0.05, 0) is 45.2 Å². The van der Waals surface area contributed by atoms with Crippen molar-refractivity contribution in [2.75, 3.05) is 19.6 Å². The Kier molecular flexibility index (Phi) is 3.85. The fourth-order valence-electron chi connectivity index (χ4n) is 3.44. The van der Waals surface area contributed by atoms with Crippen LogP contribution in [0.2, 0.25) is 0 Å². The van der Waals surface area contributed by atoms with Crippen molar-refractivity contribution in [3.63, 3.8) is 0 Å². The van der Waals surface area contributed by atoms with Crippen LogP contribution in [-0.2, 0) is 7.05 Å². The van der Waals surface area contributed by atoms with Gasteiger partial charge in [0.25, 0.3) is 11.5 Å². The average Bonchev–Trinajstić information content (AvgIpc) is 3.29. The summed E-state index contributed by atoms with van der Waals surface area (Å²) in [5, 5.41) is 0. The van der Waals surface area contributed by atoms with E-state index >= 15 is 0 Å². The number of hydrogen-bond acceptors (Lipinski definition) is 3. The monoisotopic (exact) mass is 303 g/mol. The molecule has 0 N–H and O–H groups in total. The van der Waals surface area contributed by atoms with E-state index in [1.807, 2.05) is 24.8 Å². The molecule has 1 atom stereocenters. The number of nitrogens with zero attached hydrogens (tertiary/aromatic N) is 3. The molecule has 3 rings (SSSR count). The molecule has 1 unspecified atom stereocenters. The molecular formula is C17H25N3O2. The van der Waals surface area contributed by atoms with Crippen molar-refractivity contribution >= 4 is 5.91 Å². The van der Waals surface area contributed by atoms with E-state index in [4.69, 9.17) is 0 Å². The second kappa shape index (κ2) is 5.54. The number of aryl methyl sites for hydroxylation is 2. The maximum atomic E-state index is 12.9. The standard InChI is InChI=1S/C17H25N3O2/c1-11-9-12(2)18(4)16(21)15(11)17(22)20-8-7-19(10-13(20)3)14-5-6-14/h9,13-14H,5-8,10H2,1-4H3. The van der Waals surface area contributed by atoms with Crippen LogP contribution in [-0.4, -0.2) is 52.0 Å². The van der Waals surface area contributed by atoms with Gasteiger partial charge in [-0.1, -0.05) is 0 Å². The Hall–Kier alpha value is -1.62. The van der Waals surface area contributed by atoms with Crippen LogP contribution in [0.3, 0.4) is 0 Å². The Morgan fingerprint density at radius 3 is 2.50 bits per heavy atom. The van der Waals surface area contributed by atoms with Crippen molar-refractivity contribution in [3.05, 3.63) is 33.2 Å². The van der Waals surface area contributed by atoms with Crippen LogP contribution < -0.4 is 5.56 Å². The highest BCUT2D eigenvalue weighted by molar-refractivity contribution is 5.95. The lowest BCUT2D eigenvalue weighted by atomic mass is 10.1. The smallest absolute Gasteiger partial charge is 0.263 e. The molecule has 1 amide bonds. The van der Waals surface area contributed by atoms with Crippen molar-refractivity contribution in [2.45, 2.75) is 45.7 Å². The maximum absolute atomic E-state index is 12.9. The number of carbonyl (C=O) groups is 1. The highest BCUT2D eigenvalue weighted by atomic mass is 16.2. The van der Waals surface area contributed by atoms with Gasteiger partial charge in [0.15, 0.2) is 0 Å². The van der Waals surface area contributed by atoms with Crippen molar-refractivity contribution in [3.8, 4) is 0 Å². The third-order valence-electron chi connectivity index (χ3n) is 5.06. The molecule has 2 heterocycles. The molecule has 1 aliphatic heterocycles. The minimum atomic E-state index is -0.181. The average molecular weight is 303 g/mol. The van der Waals surface area contributed by atoms with Crippen molar-refractivity contribution in [2.24, 2.45) is 7.05 Å². The Morgan fingerprint density at radius 2 is 1.91 bits per heavy atom. The molecule has 2 aliphatic rings. The van der Waals surface area contributed by atoms with Gasteiger partial charge in [-0.2, -0.15) is 0 Å². The number of pyridine rings is 1. The van der Waals surface area contributed by atoms with Crippen LogP contribution in [0.5, 0.6) is 0 Å². The van der Waals surface area contributed by atoms with Gasteiger partial charge in [-0.25, -0.2) is 0 Å². The predicted molar refractivity (Wildman–Crippen MR) is 86.3 cm³/mol. The number of aromatic nitrogens is 1. The topological polar surface area (TPSA) is 45.6 Å². The van der Waals surface area contributed by atoms with E-state index in [-0.39, 0.29) is 17.5 Å². The molecule has 120 valence electrons. The van der Waals surface area contributed by atoms with Crippen molar-refractivity contribution < 1.29 is 4.79 Å². The predicted octanol–water partition coefficient (Wildman–Crippen LogP) is 1.31. The van der Waals surface area contributed by atoms with E-state index in [2.05, 4.69) is 11.8 Å². The summed E-state index contributed by atoms with van der Waals surface area (Å²) in [4.78, 5) is 29.7. The lowest BCUT2D eigenvalue weighted by molar-refractivity contribution is 0.0471. The summed E-state index contributed by atoms with van der Waals surface area (Å²) in [6.45, 7) is 8.38. The lowest BCUT2D eigenvalue weighted by Crippen LogP contribution is -2.55. The summed E-state index contributed by atoms with van der Waals surface area (Å²) in [5.74, 6) is -0.110. The summed E-state index contributed by atoms with van der Waals surface area (Å²) in [6.07, 6.45) is 2.58. The maximum Gasteiger partial charge on any atom is 0.263 e. The van der Waals surface area contributed by atoms with E-state index in [1.54, 1.807) is 11.6 Å². The molecule has 0 bridgehead atoms. The van der Waals surface area contributed by atoms with E-state index in [0.717, 1.165) is 30.4 Å². The number of rotatable bonds is 2. The summed E-state index contributed by atoms with van der Waals surface area (Å²) < 4.78 is 1.56. The molecule has 1 saturated heterocycles. The molecule has 1 aromatic heterocycles. The molecular weight excluding hydrogens is 278 g/mol. The Balaban J connectivity index is 1.85. The molecule has 22 heavy (non-hydrogen) atoms. The van der Waals surface area contributed by atoms with Crippen LogP contribution in [0.4, 0.5) is 0 Å². The van der Waals surface area contributed by atoms with Gasteiger partial charge >= 0.3 is 0 Å². The fourth-order valence-corrected chi connectivity index (χ4v) is 3.44. The first-order chi connectivity index (χ1) is 10.4. The number of carbonyl (C=O) groups excluding carboxylic acids is 1. The highest BCUT2D eigenvalue weighted by Gasteiger charge is 2.36. The quantitative estimate of drug-likeness (QED) is 0.827. The Morgan fingerprint density at radius 1 is 1.23 bits per heavy atom. The van der Waals surface area contributed by atoms with Gasteiger partial charge < -0.3 is 9.47 Å². The molecule has 0 spiro atoms. The molecule has 2 fully saturated rings. The van der Waals surface area contributed by atoms with E-state index in [0.29, 0.717) is 12.1 Å². The van der Waals surface area contributed by atoms with Crippen molar-refractivity contribution in [1.82, 2.24) is 14.4 Å². The minimum Gasteiger partial charge on any atom is -0.333 e. The van der Waals surface area contributed by atoms with E-state index in [1.165, 1.54) is 12.8 Å². The van der Waals surface area contributed by atoms with Gasteiger partial charge in [0.1, 0.15) is 5.56 Å². The van der Waals surface area contributed by atoms with Gasteiger partial charge in [0.05, 0.1) is 0 Å². The van der Waals surface area contributed by atoms with Gasteiger partial charge in [0, 0.05) is 44.5 Å². The van der Waals surface area contributed by atoms with E-state index < -0.39 is 0 Å². The lowest BCUT2D eigenvalue weighted by Gasteiger charge is -2.40.